The van der Waals surface area contributed by atoms with Gasteiger partial charge in [0.15, 0.2) is 11.6 Å². The van der Waals surface area contributed by atoms with Crippen LogP contribution in [0.2, 0.25) is 0 Å². The molecule has 1 unspecified atom stereocenters. The van der Waals surface area contributed by atoms with Crippen molar-refractivity contribution < 1.29 is 14.2 Å². The predicted octanol–water partition coefficient (Wildman–Crippen LogP) is 4.91. The Balaban J connectivity index is 1.39. The SMILES string of the molecule is C=C(C)C[C@@H](C)c1ccc(O[C@@H]2CCN(c3ccnc(N4CCC(C)(O)C4)c3F)C2)cc1. The van der Waals surface area contributed by atoms with E-state index in [1.165, 1.54) is 11.1 Å². The molecule has 172 valence electrons. The van der Waals surface area contributed by atoms with Crippen molar-refractivity contribution >= 4 is 11.5 Å². The molecule has 0 bridgehead atoms. The summed E-state index contributed by atoms with van der Waals surface area (Å²) in [6, 6.07) is 10.0. The molecule has 4 rings (SSSR count). The third kappa shape index (κ3) is 5.07. The summed E-state index contributed by atoms with van der Waals surface area (Å²) in [6.45, 7) is 12.4. The molecule has 2 saturated heterocycles. The molecule has 1 N–H and O–H groups in total. The zero-order valence-corrected chi connectivity index (χ0v) is 19.4. The van der Waals surface area contributed by atoms with Crippen LogP contribution in [-0.2, 0) is 0 Å². The number of ether oxygens (including phenoxy) is 1. The van der Waals surface area contributed by atoms with Crippen molar-refractivity contribution in [2.45, 2.75) is 57.7 Å². The van der Waals surface area contributed by atoms with Gasteiger partial charge in [-0.1, -0.05) is 24.6 Å². The van der Waals surface area contributed by atoms with Gasteiger partial charge in [-0.2, -0.15) is 0 Å². The molecule has 2 aromatic rings. The van der Waals surface area contributed by atoms with Gasteiger partial charge in [0.2, 0.25) is 0 Å². The largest absolute Gasteiger partial charge is 0.489 e. The molecule has 0 spiro atoms. The van der Waals surface area contributed by atoms with E-state index in [0.717, 1.165) is 25.1 Å². The smallest absolute Gasteiger partial charge is 0.188 e. The lowest BCUT2D eigenvalue weighted by Crippen LogP contribution is -2.31. The van der Waals surface area contributed by atoms with Crippen LogP contribution in [0.25, 0.3) is 0 Å². The highest BCUT2D eigenvalue weighted by Crippen LogP contribution is 2.33. The van der Waals surface area contributed by atoms with E-state index in [2.05, 4.69) is 37.5 Å². The summed E-state index contributed by atoms with van der Waals surface area (Å²) in [4.78, 5) is 8.12. The number of pyridine rings is 1. The van der Waals surface area contributed by atoms with E-state index in [1.54, 1.807) is 19.2 Å². The highest BCUT2D eigenvalue weighted by atomic mass is 19.1. The predicted molar refractivity (Wildman–Crippen MR) is 127 cm³/mol. The summed E-state index contributed by atoms with van der Waals surface area (Å²) >= 11 is 0. The highest BCUT2D eigenvalue weighted by molar-refractivity contribution is 5.58. The molecule has 0 radical (unpaired) electrons. The van der Waals surface area contributed by atoms with E-state index in [-0.39, 0.29) is 11.9 Å². The van der Waals surface area contributed by atoms with Gasteiger partial charge < -0.3 is 19.6 Å². The number of anilines is 2. The van der Waals surface area contributed by atoms with Crippen LogP contribution in [0.4, 0.5) is 15.9 Å². The Morgan fingerprint density at radius 2 is 2.03 bits per heavy atom. The van der Waals surface area contributed by atoms with Crippen LogP contribution in [0, 0.1) is 5.82 Å². The number of halogens is 1. The van der Waals surface area contributed by atoms with E-state index in [9.17, 15) is 5.11 Å². The molecular weight excluding hydrogens is 405 g/mol. The first-order valence-corrected chi connectivity index (χ1v) is 11.5. The van der Waals surface area contributed by atoms with E-state index in [4.69, 9.17) is 4.74 Å². The van der Waals surface area contributed by atoms with Crippen LogP contribution < -0.4 is 14.5 Å². The van der Waals surface area contributed by atoms with E-state index >= 15 is 4.39 Å². The van der Waals surface area contributed by atoms with E-state index in [1.807, 2.05) is 21.9 Å². The van der Waals surface area contributed by atoms with Crippen molar-refractivity contribution in [3.05, 3.63) is 60.1 Å². The average Bonchev–Trinajstić information content (AvgIpc) is 3.34. The first-order valence-electron chi connectivity index (χ1n) is 11.5. The fourth-order valence-electron chi connectivity index (χ4n) is 4.76. The number of aliphatic hydroxyl groups is 1. The number of β-amino-alcohol motifs (C(OH)–C–C–N with tert-alkyl or cyclic N) is 1. The number of allylic oxidation sites excluding steroid dienone is 1. The highest BCUT2D eigenvalue weighted by Gasteiger charge is 2.34. The second-order valence-corrected chi connectivity index (χ2v) is 9.74. The molecule has 3 heterocycles. The fourth-order valence-corrected chi connectivity index (χ4v) is 4.76. The molecule has 3 atom stereocenters. The number of aromatic nitrogens is 1. The summed E-state index contributed by atoms with van der Waals surface area (Å²) in [5.41, 5.74) is 2.22. The van der Waals surface area contributed by atoms with Gasteiger partial charge in [0, 0.05) is 32.3 Å². The minimum atomic E-state index is -0.797. The molecule has 1 aromatic heterocycles. The molecule has 0 amide bonds. The topological polar surface area (TPSA) is 48.8 Å². The molecule has 0 aliphatic carbocycles. The second kappa shape index (κ2) is 9.10. The minimum absolute atomic E-state index is 0.0113. The Hall–Kier alpha value is -2.60. The van der Waals surface area contributed by atoms with Crippen molar-refractivity contribution in [3.8, 4) is 5.75 Å². The Kier molecular flexibility index (Phi) is 6.42. The summed E-state index contributed by atoms with van der Waals surface area (Å²) in [5, 5.41) is 10.2. The van der Waals surface area contributed by atoms with E-state index in [0.29, 0.717) is 43.5 Å². The first kappa shape index (κ1) is 22.6. The molecule has 5 nitrogen and oxygen atoms in total. The molecule has 2 fully saturated rings. The first-order chi connectivity index (χ1) is 15.2. The van der Waals surface area contributed by atoms with Gasteiger partial charge in [-0.05, 0) is 56.4 Å². The van der Waals surface area contributed by atoms with Crippen LogP contribution in [0.3, 0.4) is 0 Å². The van der Waals surface area contributed by atoms with Gasteiger partial charge in [-0.15, -0.1) is 6.58 Å². The number of rotatable bonds is 7. The lowest BCUT2D eigenvalue weighted by molar-refractivity contribution is 0.0838. The second-order valence-electron chi connectivity index (χ2n) is 9.74. The number of hydrogen-bond donors (Lipinski definition) is 1. The lowest BCUT2D eigenvalue weighted by Gasteiger charge is -2.24. The number of hydrogen-bond acceptors (Lipinski definition) is 5. The van der Waals surface area contributed by atoms with E-state index < -0.39 is 5.60 Å². The molecule has 32 heavy (non-hydrogen) atoms. The third-order valence-electron chi connectivity index (χ3n) is 6.49. The third-order valence-corrected chi connectivity index (χ3v) is 6.49. The van der Waals surface area contributed by atoms with Crippen molar-refractivity contribution in [1.82, 2.24) is 4.98 Å². The van der Waals surface area contributed by atoms with Gasteiger partial charge in [-0.3, -0.25) is 0 Å². The fraction of sp³-hybridized carbons (Fsp3) is 0.500. The minimum Gasteiger partial charge on any atom is -0.489 e. The van der Waals surface area contributed by atoms with Gasteiger partial charge in [0.1, 0.15) is 11.9 Å². The maximum absolute atomic E-state index is 15.3. The molecule has 6 heteroatoms. The lowest BCUT2D eigenvalue weighted by atomic mass is 9.95. The van der Waals surface area contributed by atoms with Crippen LogP contribution in [-0.4, -0.2) is 48.0 Å². The Bertz CT molecular complexity index is 960. The summed E-state index contributed by atoms with van der Waals surface area (Å²) in [6.07, 6.45) is 4.09. The summed E-state index contributed by atoms with van der Waals surface area (Å²) < 4.78 is 21.5. The Labute approximate surface area is 190 Å². The maximum Gasteiger partial charge on any atom is 0.188 e. The normalized spacial score (nSPS) is 24.1. The van der Waals surface area contributed by atoms with Crippen LogP contribution in [0.1, 0.15) is 51.5 Å². The standard InChI is InChI=1S/C26H34FN3O2/c1-18(2)15-19(3)20-5-7-21(8-6-20)32-22-10-13-29(16-22)23-9-12-28-25(24(23)27)30-14-11-26(4,31)17-30/h5-9,12,19,22,31H,1,10-11,13-17H2,2-4H3/t19-,22-,26?/m1/s1. The van der Waals surface area contributed by atoms with Crippen molar-refractivity contribution in [2.75, 3.05) is 36.0 Å². The number of benzene rings is 1. The van der Waals surface area contributed by atoms with Crippen LogP contribution in [0.15, 0.2) is 48.7 Å². The van der Waals surface area contributed by atoms with Gasteiger partial charge in [-0.25, -0.2) is 9.37 Å². The van der Waals surface area contributed by atoms with Crippen molar-refractivity contribution in [3.63, 3.8) is 0 Å². The van der Waals surface area contributed by atoms with Crippen LogP contribution >= 0.6 is 0 Å². The van der Waals surface area contributed by atoms with Gasteiger partial charge in [0.25, 0.3) is 0 Å². The summed E-state index contributed by atoms with van der Waals surface area (Å²) in [5.74, 6) is 1.29. The van der Waals surface area contributed by atoms with Crippen molar-refractivity contribution in [1.29, 1.82) is 0 Å². The molecule has 2 aliphatic heterocycles. The quantitative estimate of drug-likeness (QED) is 0.621. The molecule has 0 saturated carbocycles. The van der Waals surface area contributed by atoms with Crippen LogP contribution in [0.5, 0.6) is 5.75 Å². The molecule has 1 aromatic carbocycles. The van der Waals surface area contributed by atoms with Gasteiger partial charge in [0.05, 0.1) is 17.8 Å². The Morgan fingerprint density at radius 1 is 1.28 bits per heavy atom. The van der Waals surface area contributed by atoms with Gasteiger partial charge >= 0.3 is 0 Å². The Morgan fingerprint density at radius 3 is 2.69 bits per heavy atom. The average molecular weight is 440 g/mol. The molecule has 2 aliphatic rings. The molecular formula is C26H34FN3O2. The zero-order chi connectivity index (χ0) is 22.9. The monoisotopic (exact) mass is 439 g/mol. The summed E-state index contributed by atoms with van der Waals surface area (Å²) in [7, 11) is 0. The van der Waals surface area contributed by atoms with Crippen molar-refractivity contribution in [2.24, 2.45) is 0 Å². The number of nitrogens with zero attached hydrogens (tertiary/aromatic N) is 3. The zero-order valence-electron chi connectivity index (χ0n) is 19.4. The maximum atomic E-state index is 15.3.